The second kappa shape index (κ2) is 6.12. The third-order valence-electron chi connectivity index (χ3n) is 4.17. The molecule has 0 aliphatic heterocycles. The summed E-state index contributed by atoms with van der Waals surface area (Å²) in [7, 11) is 0. The number of halogens is 2. The van der Waals surface area contributed by atoms with Crippen LogP contribution in [0, 0.1) is 17.6 Å². The number of aromatic amines is 1. The third-order valence-corrected chi connectivity index (χ3v) is 4.17. The van der Waals surface area contributed by atoms with E-state index in [0.717, 1.165) is 18.4 Å². The minimum Gasteiger partial charge on any atom is -0.326 e. The number of aromatic nitrogens is 2. The van der Waals surface area contributed by atoms with Gasteiger partial charge in [0.05, 0.1) is 5.69 Å². The predicted octanol–water partition coefficient (Wildman–Crippen LogP) is 4.36. The standard InChI is InChI=1S/C19H15F2N3O/c20-13-6-1-11(2-7-13)3-8-17-15-9-14(22-19(25)12-4-5-12)10-16(21)18(15)24-23-17/h1-3,6-10,12H,4-5H2,(H,22,25)(H,23,24). The highest BCUT2D eigenvalue weighted by Gasteiger charge is 2.29. The van der Waals surface area contributed by atoms with Crippen LogP contribution >= 0.6 is 0 Å². The van der Waals surface area contributed by atoms with Crippen LogP contribution in [0.1, 0.15) is 24.1 Å². The maximum atomic E-state index is 14.2. The number of hydrogen-bond donors (Lipinski definition) is 2. The van der Waals surface area contributed by atoms with Crippen LogP contribution in [0.15, 0.2) is 36.4 Å². The van der Waals surface area contributed by atoms with E-state index in [9.17, 15) is 13.6 Å². The average molecular weight is 339 g/mol. The first-order valence-electron chi connectivity index (χ1n) is 8.02. The summed E-state index contributed by atoms with van der Waals surface area (Å²) in [6, 6.07) is 9.01. The van der Waals surface area contributed by atoms with Crippen molar-refractivity contribution in [3.63, 3.8) is 0 Å². The fourth-order valence-electron chi connectivity index (χ4n) is 2.64. The van der Waals surface area contributed by atoms with Gasteiger partial charge >= 0.3 is 0 Å². The minimum absolute atomic E-state index is 0.0425. The van der Waals surface area contributed by atoms with Gasteiger partial charge in [-0.25, -0.2) is 8.78 Å². The van der Waals surface area contributed by atoms with Crippen molar-refractivity contribution in [2.75, 3.05) is 5.32 Å². The van der Waals surface area contributed by atoms with Crippen molar-refractivity contribution < 1.29 is 13.6 Å². The first-order valence-corrected chi connectivity index (χ1v) is 8.02. The fraction of sp³-hybridized carbons (Fsp3) is 0.158. The van der Waals surface area contributed by atoms with E-state index in [0.29, 0.717) is 16.8 Å². The number of fused-ring (bicyclic) bond motifs is 1. The molecule has 1 aliphatic rings. The van der Waals surface area contributed by atoms with Crippen molar-refractivity contribution in [2.24, 2.45) is 5.92 Å². The van der Waals surface area contributed by atoms with Crippen molar-refractivity contribution >= 4 is 34.6 Å². The number of carbonyl (C=O) groups is 1. The molecule has 0 radical (unpaired) electrons. The van der Waals surface area contributed by atoms with Crippen LogP contribution in [0.3, 0.4) is 0 Å². The highest BCUT2D eigenvalue weighted by Crippen LogP contribution is 2.31. The lowest BCUT2D eigenvalue weighted by Crippen LogP contribution is -2.13. The van der Waals surface area contributed by atoms with Crippen LogP contribution in [0.5, 0.6) is 0 Å². The van der Waals surface area contributed by atoms with E-state index < -0.39 is 5.82 Å². The molecule has 1 amide bonds. The van der Waals surface area contributed by atoms with Gasteiger partial charge in [-0.05, 0) is 48.7 Å². The second-order valence-corrected chi connectivity index (χ2v) is 6.14. The minimum atomic E-state index is -0.499. The summed E-state index contributed by atoms with van der Waals surface area (Å²) in [4.78, 5) is 11.9. The number of hydrogen-bond acceptors (Lipinski definition) is 2. The summed E-state index contributed by atoms with van der Waals surface area (Å²) in [5.41, 5.74) is 2.05. The van der Waals surface area contributed by atoms with Crippen LogP contribution in [0.4, 0.5) is 14.5 Å². The first kappa shape index (κ1) is 15.5. The number of H-pyrrole nitrogens is 1. The summed E-state index contributed by atoms with van der Waals surface area (Å²) in [5, 5.41) is 10.1. The van der Waals surface area contributed by atoms with Crippen molar-refractivity contribution in [3.8, 4) is 0 Å². The zero-order valence-electron chi connectivity index (χ0n) is 13.2. The Labute approximate surface area is 142 Å². The Bertz CT molecular complexity index is 972. The molecule has 0 spiro atoms. The Morgan fingerprint density at radius 3 is 2.64 bits per heavy atom. The fourth-order valence-corrected chi connectivity index (χ4v) is 2.64. The van der Waals surface area contributed by atoms with E-state index in [4.69, 9.17) is 0 Å². The Hall–Kier alpha value is -3.02. The highest BCUT2D eigenvalue weighted by molar-refractivity contribution is 5.98. The molecule has 0 atom stereocenters. The van der Waals surface area contributed by atoms with E-state index >= 15 is 0 Å². The lowest BCUT2D eigenvalue weighted by molar-refractivity contribution is -0.117. The topological polar surface area (TPSA) is 57.8 Å². The predicted molar refractivity (Wildman–Crippen MR) is 92.7 cm³/mol. The monoisotopic (exact) mass is 339 g/mol. The molecular formula is C19H15F2N3O. The van der Waals surface area contributed by atoms with E-state index in [2.05, 4.69) is 15.5 Å². The van der Waals surface area contributed by atoms with Gasteiger partial charge in [-0.15, -0.1) is 0 Å². The van der Waals surface area contributed by atoms with E-state index in [-0.39, 0.29) is 23.2 Å². The summed E-state index contributed by atoms with van der Waals surface area (Å²) in [6.45, 7) is 0. The quantitative estimate of drug-likeness (QED) is 0.742. The lowest BCUT2D eigenvalue weighted by atomic mass is 10.1. The maximum Gasteiger partial charge on any atom is 0.227 e. The van der Waals surface area contributed by atoms with Crippen LogP contribution < -0.4 is 5.32 Å². The van der Waals surface area contributed by atoms with Gasteiger partial charge < -0.3 is 5.32 Å². The SMILES string of the molecule is O=C(Nc1cc(F)c2n[nH]c(C=Cc3ccc(F)cc3)c2c1)C1CC1. The second-order valence-electron chi connectivity index (χ2n) is 6.14. The number of benzene rings is 2. The molecule has 0 saturated heterocycles. The zero-order valence-corrected chi connectivity index (χ0v) is 13.2. The molecule has 6 heteroatoms. The summed E-state index contributed by atoms with van der Waals surface area (Å²) in [5.74, 6) is -0.838. The zero-order chi connectivity index (χ0) is 17.4. The van der Waals surface area contributed by atoms with Gasteiger partial charge in [-0.1, -0.05) is 18.2 Å². The Kier molecular flexibility index (Phi) is 3.80. The molecule has 1 aromatic heterocycles. The van der Waals surface area contributed by atoms with Gasteiger partial charge in [0, 0.05) is 17.0 Å². The van der Waals surface area contributed by atoms with Gasteiger partial charge in [0.1, 0.15) is 11.3 Å². The molecule has 126 valence electrons. The molecule has 2 aromatic carbocycles. The van der Waals surface area contributed by atoms with Crippen LogP contribution in [-0.4, -0.2) is 16.1 Å². The first-order chi connectivity index (χ1) is 12.1. The molecule has 1 saturated carbocycles. The molecule has 1 aliphatic carbocycles. The molecule has 2 N–H and O–H groups in total. The average Bonchev–Trinajstić information content (AvgIpc) is 3.36. The summed E-state index contributed by atoms with van der Waals surface area (Å²) in [6.07, 6.45) is 5.29. The van der Waals surface area contributed by atoms with Crippen molar-refractivity contribution in [2.45, 2.75) is 12.8 Å². The molecule has 25 heavy (non-hydrogen) atoms. The van der Waals surface area contributed by atoms with Crippen LogP contribution in [-0.2, 0) is 4.79 Å². The van der Waals surface area contributed by atoms with Crippen molar-refractivity contribution in [1.82, 2.24) is 10.2 Å². The van der Waals surface area contributed by atoms with Gasteiger partial charge in [-0.2, -0.15) is 5.10 Å². The molecular weight excluding hydrogens is 324 g/mol. The summed E-state index contributed by atoms with van der Waals surface area (Å²) >= 11 is 0. The molecule has 3 aromatic rings. The summed E-state index contributed by atoms with van der Waals surface area (Å²) < 4.78 is 27.2. The van der Waals surface area contributed by atoms with Gasteiger partial charge in [0.25, 0.3) is 0 Å². The normalized spacial score (nSPS) is 14.3. The highest BCUT2D eigenvalue weighted by atomic mass is 19.1. The largest absolute Gasteiger partial charge is 0.326 e. The maximum absolute atomic E-state index is 14.2. The molecule has 4 nitrogen and oxygen atoms in total. The van der Waals surface area contributed by atoms with Gasteiger partial charge in [0.15, 0.2) is 5.82 Å². The van der Waals surface area contributed by atoms with E-state index in [1.807, 2.05) is 0 Å². The Morgan fingerprint density at radius 1 is 1.16 bits per heavy atom. The van der Waals surface area contributed by atoms with Gasteiger partial charge in [-0.3, -0.25) is 9.89 Å². The Balaban J connectivity index is 1.65. The molecule has 1 fully saturated rings. The number of anilines is 1. The van der Waals surface area contributed by atoms with E-state index in [1.54, 1.807) is 30.4 Å². The number of nitrogens with one attached hydrogen (secondary N) is 2. The smallest absolute Gasteiger partial charge is 0.227 e. The van der Waals surface area contributed by atoms with Gasteiger partial charge in [0.2, 0.25) is 5.91 Å². The molecule has 4 rings (SSSR count). The molecule has 1 heterocycles. The third kappa shape index (κ3) is 3.28. The van der Waals surface area contributed by atoms with Crippen molar-refractivity contribution in [1.29, 1.82) is 0 Å². The molecule has 0 bridgehead atoms. The number of amides is 1. The Morgan fingerprint density at radius 2 is 1.92 bits per heavy atom. The number of nitrogens with zero attached hydrogens (tertiary/aromatic N) is 1. The number of rotatable bonds is 4. The number of carbonyl (C=O) groups excluding carboxylic acids is 1. The van der Waals surface area contributed by atoms with E-state index in [1.165, 1.54) is 18.2 Å². The van der Waals surface area contributed by atoms with Crippen LogP contribution in [0.2, 0.25) is 0 Å². The lowest BCUT2D eigenvalue weighted by Gasteiger charge is -2.05. The van der Waals surface area contributed by atoms with Crippen LogP contribution in [0.25, 0.3) is 23.1 Å². The molecule has 0 unspecified atom stereocenters. The van der Waals surface area contributed by atoms with Crippen molar-refractivity contribution in [3.05, 3.63) is 59.3 Å².